The third kappa shape index (κ3) is 4.36. The highest BCUT2D eigenvalue weighted by Gasteiger charge is 2.08. The zero-order valence-electron chi connectivity index (χ0n) is 17.6. The van der Waals surface area contributed by atoms with E-state index in [4.69, 9.17) is 5.10 Å². The first kappa shape index (κ1) is 19.7. The quantitative estimate of drug-likeness (QED) is 0.252. The number of fused-ring (bicyclic) bond motifs is 1. The summed E-state index contributed by atoms with van der Waals surface area (Å²) in [5.74, 6) is 0. The first-order valence-electron chi connectivity index (χ1n) is 10.5. The third-order valence-electron chi connectivity index (χ3n) is 5.32. The lowest BCUT2D eigenvalue weighted by atomic mass is 10.1. The van der Waals surface area contributed by atoms with E-state index in [0.717, 1.165) is 30.0 Å². The normalized spacial score (nSPS) is 11.1. The molecule has 0 aliphatic rings. The number of anilines is 3. The molecular weight excluding hydrogens is 366 g/mol. The number of hydrazone groups is 1. The van der Waals surface area contributed by atoms with Gasteiger partial charge >= 0.3 is 0 Å². The van der Waals surface area contributed by atoms with Crippen molar-refractivity contribution in [2.45, 2.75) is 13.8 Å². The first-order chi connectivity index (χ1) is 14.8. The van der Waals surface area contributed by atoms with E-state index in [-0.39, 0.29) is 0 Å². The van der Waals surface area contributed by atoms with Crippen molar-refractivity contribution < 1.29 is 0 Å². The second-order valence-corrected chi connectivity index (χ2v) is 7.19. The second-order valence-electron chi connectivity index (χ2n) is 7.19. The van der Waals surface area contributed by atoms with Crippen LogP contribution in [0.3, 0.4) is 0 Å². The van der Waals surface area contributed by atoms with Crippen LogP contribution >= 0.6 is 0 Å². The largest absolute Gasteiger partial charge is 0.372 e. The van der Waals surface area contributed by atoms with Gasteiger partial charge in [-0.2, -0.15) is 5.10 Å². The summed E-state index contributed by atoms with van der Waals surface area (Å²) >= 11 is 0. The molecule has 0 saturated heterocycles. The Morgan fingerprint density at radius 1 is 0.633 bits per heavy atom. The number of benzene rings is 4. The molecular formula is C27H27N3. The van der Waals surface area contributed by atoms with Crippen molar-refractivity contribution in [1.82, 2.24) is 0 Å². The molecule has 0 unspecified atom stereocenters. The van der Waals surface area contributed by atoms with Gasteiger partial charge in [-0.1, -0.05) is 60.7 Å². The third-order valence-corrected chi connectivity index (χ3v) is 5.32. The fourth-order valence-corrected chi connectivity index (χ4v) is 3.64. The summed E-state index contributed by atoms with van der Waals surface area (Å²) < 4.78 is 0. The molecule has 0 saturated carbocycles. The van der Waals surface area contributed by atoms with Gasteiger partial charge in [0.05, 0.1) is 17.6 Å². The minimum Gasteiger partial charge on any atom is -0.372 e. The van der Waals surface area contributed by atoms with E-state index in [0.29, 0.717) is 0 Å². The van der Waals surface area contributed by atoms with Crippen LogP contribution in [0.1, 0.15) is 19.4 Å². The van der Waals surface area contributed by atoms with Crippen LogP contribution in [-0.4, -0.2) is 19.3 Å². The van der Waals surface area contributed by atoms with Crippen LogP contribution in [0.2, 0.25) is 0 Å². The van der Waals surface area contributed by atoms with E-state index in [9.17, 15) is 0 Å². The molecule has 0 bridgehead atoms. The van der Waals surface area contributed by atoms with Crippen molar-refractivity contribution in [2.75, 3.05) is 23.0 Å². The maximum atomic E-state index is 4.85. The van der Waals surface area contributed by atoms with Crippen molar-refractivity contribution >= 4 is 34.0 Å². The second kappa shape index (κ2) is 9.27. The van der Waals surface area contributed by atoms with Crippen molar-refractivity contribution in [3.63, 3.8) is 0 Å². The maximum Gasteiger partial charge on any atom is 0.0659 e. The Bertz CT molecular complexity index is 1110. The van der Waals surface area contributed by atoms with Crippen LogP contribution in [0, 0.1) is 0 Å². The van der Waals surface area contributed by atoms with Crippen LogP contribution < -0.4 is 9.91 Å². The Morgan fingerprint density at radius 2 is 1.27 bits per heavy atom. The molecule has 0 radical (unpaired) electrons. The van der Waals surface area contributed by atoms with Gasteiger partial charge < -0.3 is 4.90 Å². The van der Waals surface area contributed by atoms with Crippen molar-refractivity contribution in [2.24, 2.45) is 5.10 Å². The molecule has 0 spiro atoms. The molecule has 0 fully saturated rings. The molecule has 4 rings (SSSR count). The predicted octanol–water partition coefficient (Wildman–Crippen LogP) is 6.86. The van der Waals surface area contributed by atoms with Gasteiger partial charge in [0, 0.05) is 18.8 Å². The average molecular weight is 394 g/mol. The maximum absolute atomic E-state index is 4.85. The van der Waals surface area contributed by atoms with E-state index >= 15 is 0 Å². The van der Waals surface area contributed by atoms with Gasteiger partial charge in [0.1, 0.15) is 0 Å². The topological polar surface area (TPSA) is 18.8 Å². The Morgan fingerprint density at radius 3 is 1.97 bits per heavy atom. The Balaban J connectivity index is 1.66. The molecule has 4 aromatic rings. The molecule has 0 atom stereocenters. The molecule has 0 N–H and O–H groups in total. The average Bonchev–Trinajstić information content (AvgIpc) is 2.81. The van der Waals surface area contributed by atoms with Crippen LogP contribution in [0.25, 0.3) is 10.8 Å². The van der Waals surface area contributed by atoms with Gasteiger partial charge in [-0.05, 0) is 66.6 Å². The Labute approximate surface area is 178 Å². The predicted molar refractivity (Wildman–Crippen MR) is 130 cm³/mol. The van der Waals surface area contributed by atoms with Gasteiger partial charge in [0.15, 0.2) is 0 Å². The number of para-hydroxylation sites is 1. The van der Waals surface area contributed by atoms with E-state index in [2.05, 4.69) is 97.6 Å². The highest BCUT2D eigenvalue weighted by Crippen LogP contribution is 2.29. The van der Waals surface area contributed by atoms with Gasteiger partial charge in [0.25, 0.3) is 0 Å². The van der Waals surface area contributed by atoms with E-state index < -0.39 is 0 Å². The van der Waals surface area contributed by atoms with E-state index in [1.165, 1.54) is 16.5 Å². The molecule has 0 amide bonds. The van der Waals surface area contributed by atoms with Crippen molar-refractivity contribution in [3.05, 3.63) is 103 Å². The Kier molecular flexibility index (Phi) is 6.09. The summed E-state index contributed by atoms with van der Waals surface area (Å²) in [5.41, 5.74) is 4.39. The van der Waals surface area contributed by atoms with E-state index in [1.54, 1.807) is 0 Å². The highest BCUT2D eigenvalue weighted by molar-refractivity contribution is 5.88. The summed E-state index contributed by atoms with van der Waals surface area (Å²) in [5, 5.41) is 9.27. The van der Waals surface area contributed by atoms with Crippen molar-refractivity contribution in [3.8, 4) is 0 Å². The molecule has 0 aliphatic heterocycles. The van der Waals surface area contributed by atoms with E-state index in [1.807, 2.05) is 29.4 Å². The molecule has 0 aliphatic carbocycles. The molecule has 3 nitrogen and oxygen atoms in total. The summed E-state index contributed by atoms with van der Waals surface area (Å²) in [7, 11) is 0. The first-order valence-corrected chi connectivity index (χ1v) is 10.5. The smallest absolute Gasteiger partial charge is 0.0659 e. The van der Waals surface area contributed by atoms with Crippen LogP contribution in [0.4, 0.5) is 17.1 Å². The Hall–Kier alpha value is -3.59. The fraction of sp³-hybridized carbons (Fsp3) is 0.148. The molecule has 0 aromatic heterocycles. The summed E-state index contributed by atoms with van der Waals surface area (Å²) in [4.78, 5) is 2.34. The number of hydrogen-bond acceptors (Lipinski definition) is 3. The highest BCUT2D eigenvalue weighted by atomic mass is 15.5. The minimum atomic E-state index is 1.01. The van der Waals surface area contributed by atoms with Gasteiger partial charge in [-0.25, -0.2) is 5.01 Å². The zero-order chi connectivity index (χ0) is 20.8. The lowest BCUT2D eigenvalue weighted by Crippen LogP contribution is -2.21. The number of rotatable bonds is 7. The molecule has 0 heterocycles. The van der Waals surface area contributed by atoms with Crippen LogP contribution in [0.15, 0.2) is 102 Å². The van der Waals surface area contributed by atoms with Crippen LogP contribution in [0.5, 0.6) is 0 Å². The van der Waals surface area contributed by atoms with Gasteiger partial charge in [-0.3, -0.25) is 0 Å². The SMILES string of the molecule is CCN(CC)c1ccc(C=NN(c2ccccc2)c2ccc3ccccc3c2)cc1. The fourth-order valence-electron chi connectivity index (χ4n) is 3.64. The molecule has 4 aromatic carbocycles. The molecule has 30 heavy (non-hydrogen) atoms. The minimum absolute atomic E-state index is 1.01. The zero-order valence-corrected chi connectivity index (χ0v) is 17.6. The lowest BCUT2D eigenvalue weighted by molar-refractivity contribution is 0.866. The summed E-state index contributed by atoms with van der Waals surface area (Å²) in [6.45, 7) is 6.38. The lowest BCUT2D eigenvalue weighted by Gasteiger charge is -2.21. The number of nitrogens with zero attached hydrogens (tertiary/aromatic N) is 3. The number of hydrogen-bond donors (Lipinski definition) is 0. The summed E-state index contributed by atoms with van der Waals surface area (Å²) in [6.07, 6.45) is 1.92. The van der Waals surface area contributed by atoms with Crippen LogP contribution in [-0.2, 0) is 0 Å². The summed E-state index contributed by atoms with van der Waals surface area (Å²) in [6, 6.07) is 33.7. The molecule has 3 heteroatoms. The van der Waals surface area contributed by atoms with Crippen molar-refractivity contribution in [1.29, 1.82) is 0 Å². The monoisotopic (exact) mass is 393 g/mol. The standard InChI is InChI=1S/C27H27N3/c1-3-29(4-2)25-17-14-22(15-18-25)21-28-30(26-12-6-5-7-13-26)27-19-16-23-10-8-9-11-24(23)20-27/h5-21H,3-4H2,1-2H3. The molecule has 150 valence electrons. The van der Waals surface area contributed by atoms with Gasteiger partial charge in [0.2, 0.25) is 0 Å². The van der Waals surface area contributed by atoms with Gasteiger partial charge in [-0.15, -0.1) is 0 Å².